The zero-order chi connectivity index (χ0) is 22.0. The number of halogens is 1. The number of aryl methyl sites for hydroxylation is 3. The van der Waals surface area contributed by atoms with Crippen molar-refractivity contribution in [3.63, 3.8) is 0 Å². The van der Waals surface area contributed by atoms with E-state index < -0.39 is 0 Å². The van der Waals surface area contributed by atoms with E-state index in [1.807, 2.05) is 50.2 Å². The molecule has 2 heterocycles. The van der Waals surface area contributed by atoms with Gasteiger partial charge in [0.05, 0.1) is 5.69 Å². The number of rotatable bonds is 6. The second kappa shape index (κ2) is 8.68. The van der Waals surface area contributed by atoms with E-state index in [1.54, 1.807) is 10.6 Å². The van der Waals surface area contributed by atoms with Crippen LogP contribution in [-0.4, -0.2) is 20.5 Å². The van der Waals surface area contributed by atoms with Gasteiger partial charge in [-0.15, -0.1) is 0 Å². The minimum absolute atomic E-state index is 0.0342. The molecular weight excluding hydrogens is 391 g/mol. The molecule has 2 aromatic carbocycles. The highest BCUT2D eigenvalue weighted by molar-refractivity contribution is 5.90. The number of nitrogens with zero attached hydrogens (tertiary/aromatic N) is 3. The third-order valence-corrected chi connectivity index (χ3v) is 5.51. The first-order valence-corrected chi connectivity index (χ1v) is 10.4. The van der Waals surface area contributed by atoms with Crippen molar-refractivity contribution in [2.24, 2.45) is 0 Å². The van der Waals surface area contributed by atoms with Crippen molar-refractivity contribution < 1.29 is 9.18 Å². The second-order valence-corrected chi connectivity index (χ2v) is 7.67. The van der Waals surface area contributed by atoms with Crippen LogP contribution in [0.5, 0.6) is 0 Å². The molecule has 4 rings (SSSR count). The molecule has 158 valence electrons. The highest BCUT2D eigenvalue weighted by Gasteiger charge is 2.15. The molecule has 2 aromatic heterocycles. The number of hydrogen-bond donors (Lipinski definition) is 1. The van der Waals surface area contributed by atoms with Crippen molar-refractivity contribution >= 4 is 17.2 Å². The lowest BCUT2D eigenvalue weighted by Gasteiger charge is -2.11. The Morgan fingerprint density at radius 2 is 1.90 bits per heavy atom. The van der Waals surface area contributed by atoms with Gasteiger partial charge in [-0.05, 0) is 62.1 Å². The van der Waals surface area contributed by atoms with E-state index in [9.17, 15) is 9.18 Å². The molecule has 0 saturated heterocycles. The van der Waals surface area contributed by atoms with Crippen molar-refractivity contribution in [3.8, 4) is 11.3 Å². The van der Waals surface area contributed by atoms with E-state index >= 15 is 0 Å². The quantitative estimate of drug-likeness (QED) is 0.465. The van der Waals surface area contributed by atoms with Gasteiger partial charge in [0.1, 0.15) is 5.82 Å². The number of aromatic nitrogens is 3. The van der Waals surface area contributed by atoms with Crippen molar-refractivity contribution in [1.29, 1.82) is 0 Å². The standard InChI is InChI=1S/C25H25FN4O/c1-4-18-7-5-10-21(13-18)28-25(31)12-11-22-16(2)27-24-15-23(29-30(24)17(22)3)19-8-6-9-20(26)14-19/h5-10,13-15H,4,11-12H2,1-3H3,(H,28,31). The molecule has 0 aliphatic heterocycles. The fourth-order valence-corrected chi connectivity index (χ4v) is 3.81. The fraction of sp³-hybridized carbons (Fsp3) is 0.240. The van der Waals surface area contributed by atoms with Gasteiger partial charge in [-0.2, -0.15) is 5.10 Å². The fourth-order valence-electron chi connectivity index (χ4n) is 3.81. The van der Waals surface area contributed by atoms with Crippen LogP contribution < -0.4 is 5.32 Å². The average molecular weight is 417 g/mol. The SMILES string of the molecule is CCc1cccc(NC(=O)CCc2c(C)nc3cc(-c4cccc(F)c4)nn3c2C)c1. The lowest BCUT2D eigenvalue weighted by Crippen LogP contribution is -2.14. The van der Waals surface area contributed by atoms with Gasteiger partial charge in [0, 0.05) is 35.1 Å². The van der Waals surface area contributed by atoms with E-state index in [-0.39, 0.29) is 11.7 Å². The van der Waals surface area contributed by atoms with Crippen LogP contribution in [0.4, 0.5) is 10.1 Å². The van der Waals surface area contributed by atoms with Crippen LogP contribution in [0, 0.1) is 19.7 Å². The average Bonchev–Trinajstić information content (AvgIpc) is 3.18. The zero-order valence-corrected chi connectivity index (χ0v) is 17.9. The Balaban J connectivity index is 1.54. The molecule has 5 nitrogen and oxygen atoms in total. The van der Waals surface area contributed by atoms with Gasteiger partial charge in [-0.1, -0.05) is 31.2 Å². The molecule has 0 unspecified atom stereocenters. The van der Waals surface area contributed by atoms with Crippen LogP contribution in [-0.2, 0) is 17.6 Å². The minimum Gasteiger partial charge on any atom is -0.326 e. The van der Waals surface area contributed by atoms with Gasteiger partial charge in [-0.25, -0.2) is 13.9 Å². The molecule has 1 N–H and O–H groups in total. The monoisotopic (exact) mass is 416 g/mol. The molecule has 31 heavy (non-hydrogen) atoms. The largest absolute Gasteiger partial charge is 0.326 e. The highest BCUT2D eigenvalue weighted by atomic mass is 19.1. The van der Waals surface area contributed by atoms with E-state index in [1.165, 1.54) is 17.7 Å². The lowest BCUT2D eigenvalue weighted by molar-refractivity contribution is -0.116. The summed E-state index contributed by atoms with van der Waals surface area (Å²) in [5, 5.41) is 7.60. The normalized spacial score (nSPS) is 11.1. The summed E-state index contributed by atoms with van der Waals surface area (Å²) in [5.41, 5.74) is 6.89. The molecule has 6 heteroatoms. The maximum Gasteiger partial charge on any atom is 0.224 e. The molecule has 0 spiro atoms. The Morgan fingerprint density at radius 3 is 2.68 bits per heavy atom. The van der Waals surface area contributed by atoms with Crippen molar-refractivity contribution in [2.45, 2.75) is 40.0 Å². The van der Waals surface area contributed by atoms with Gasteiger partial charge in [-0.3, -0.25) is 4.79 Å². The number of hydrogen-bond acceptors (Lipinski definition) is 3. The number of nitrogens with one attached hydrogen (secondary N) is 1. The lowest BCUT2D eigenvalue weighted by atomic mass is 10.1. The van der Waals surface area contributed by atoms with E-state index in [4.69, 9.17) is 0 Å². The summed E-state index contributed by atoms with van der Waals surface area (Å²) in [6.45, 7) is 6.01. The highest BCUT2D eigenvalue weighted by Crippen LogP contribution is 2.23. The molecule has 0 fully saturated rings. The smallest absolute Gasteiger partial charge is 0.224 e. The minimum atomic E-state index is -0.299. The molecule has 0 atom stereocenters. The van der Waals surface area contributed by atoms with Gasteiger partial charge in [0.25, 0.3) is 0 Å². The molecule has 4 aromatic rings. The molecule has 0 aliphatic carbocycles. The third kappa shape index (κ3) is 4.48. The number of carbonyl (C=O) groups excluding carboxylic acids is 1. The van der Waals surface area contributed by atoms with Crippen LogP contribution in [0.2, 0.25) is 0 Å². The zero-order valence-electron chi connectivity index (χ0n) is 17.9. The van der Waals surface area contributed by atoms with Gasteiger partial charge >= 0.3 is 0 Å². The van der Waals surface area contributed by atoms with Gasteiger partial charge in [0.15, 0.2) is 5.65 Å². The summed E-state index contributed by atoms with van der Waals surface area (Å²) in [6.07, 6.45) is 1.84. The van der Waals surface area contributed by atoms with Crippen LogP contribution in [0.25, 0.3) is 16.9 Å². The van der Waals surface area contributed by atoms with Crippen LogP contribution >= 0.6 is 0 Å². The Kier molecular flexibility index (Phi) is 5.80. The summed E-state index contributed by atoms with van der Waals surface area (Å²) in [7, 11) is 0. The number of anilines is 1. The summed E-state index contributed by atoms with van der Waals surface area (Å²) in [6, 6.07) is 16.1. The predicted octanol–water partition coefficient (Wildman–Crippen LogP) is 5.29. The predicted molar refractivity (Wildman–Crippen MR) is 121 cm³/mol. The molecule has 0 aliphatic rings. The Bertz CT molecular complexity index is 1260. The molecule has 0 bridgehead atoms. The summed E-state index contributed by atoms with van der Waals surface area (Å²) < 4.78 is 15.4. The van der Waals surface area contributed by atoms with Crippen molar-refractivity contribution in [3.05, 3.63) is 82.9 Å². The first-order chi connectivity index (χ1) is 14.9. The molecular formula is C25H25FN4O. The molecule has 0 saturated carbocycles. The van der Waals surface area contributed by atoms with Crippen LogP contribution in [0.1, 0.15) is 35.9 Å². The van der Waals surface area contributed by atoms with Crippen molar-refractivity contribution in [1.82, 2.24) is 14.6 Å². The van der Waals surface area contributed by atoms with Crippen molar-refractivity contribution in [2.75, 3.05) is 5.32 Å². The molecule has 0 radical (unpaired) electrons. The summed E-state index contributed by atoms with van der Waals surface area (Å²) >= 11 is 0. The number of benzene rings is 2. The van der Waals surface area contributed by atoms with Crippen LogP contribution in [0.3, 0.4) is 0 Å². The molecule has 1 amide bonds. The topological polar surface area (TPSA) is 59.3 Å². The van der Waals surface area contributed by atoms with E-state index in [0.717, 1.165) is 29.1 Å². The van der Waals surface area contributed by atoms with E-state index in [2.05, 4.69) is 22.3 Å². The summed E-state index contributed by atoms with van der Waals surface area (Å²) in [5.74, 6) is -0.334. The Morgan fingerprint density at radius 1 is 1.10 bits per heavy atom. The summed E-state index contributed by atoms with van der Waals surface area (Å²) in [4.78, 5) is 17.2. The van der Waals surface area contributed by atoms with Gasteiger partial charge < -0.3 is 5.32 Å². The first kappa shape index (κ1) is 20.7. The Hall–Kier alpha value is -3.54. The second-order valence-electron chi connectivity index (χ2n) is 7.67. The van der Waals surface area contributed by atoms with Crippen LogP contribution in [0.15, 0.2) is 54.6 Å². The first-order valence-electron chi connectivity index (χ1n) is 10.4. The number of amides is 1. The maximum absolute atomic E-state index is 13.6. The Labute approximate surface area is 181 Å². The van der Waals surface area contributed by atoms with E-state index in [0.29, 0.717) is 29.7 Å². The number of carbonyl (C=O) groups is 1. The third-order valence-electron chi connectivity index (χ3n) is 5.51. The number of fused-ring (bicyclic) bond motifs is 1. The maximum atomic E-state index is 13.6. The van der Waals surface area contributed by atoms with Gasteiger partial charge in [0.2, 0.25) is 5.91 Å².